The molecular formula is C24H25FIN4O3-. The molecule has 5 rings (SSSR count). The first-order valence-electron chi connectivity index (χ1n) is 10.8. The van der Waals surface area contributed by atoms with Crippen LogP contribution in [0.4, 0.5) is 15.8 Å². The molecule has 0 saturated heterocycles. The van der Waals surface area contributed by atoms with Crippen LogP contribution in [0, 0.1) is 11.7 Å². The van der Waals surface area contributed by atoms with Crippen molar-refractivity contribution in [3.8, 4) is 22.8 Å². The van der Waals surface area contributed by atoms with Crippen LogP contribution in [0.15, 0.2) is 36.7 Å². The summed E-state index contributed by atoms with van der Waals surface area (Å²) in [7, 11) is 1.43. The van der Waals surface area contributed by atoms with E-state index in [1.165, 1.54) is 13.2 Å². The second kappa shape index (κ2) is 9.20. The number of amides is 1. The molecule has 4 heterocycles. The number of nitrogens with one attached hydrogen (secondary N) is 3. The van der Waals surface area contributed by atoms with Crippen molar-refractivity contribution >= 4 is 17.3 Å². The molecule has 0 saturated carbocycles. The Morgan fingerprint density at radius 1 is 1.33 bits per heavy atom. The number of pyridine rings is 1. The number of anilines is 2. The Balaban J connectivity index is 1.72. The van der Waals surface area contributed by atoms with Crippen molar-refractivity contribution in [3.05, 3.63) is 53.7 Å². The number of nitrogens with zero attached hydrogens (tertiary/aromatic N) is 1. The van der Waals surface area contributed by atoms with Gasteiger partial charge in [0.25, 0.3) is 0 Å². The van der Waals surface area contributed by atoms with E-state index in [9.17, 15) is 9.18 Å². The Labute approximate surface area is 201 Å². The van der Waals surface area contributed by atoms with Crippen molar-refractivity contribution in [2.24, 2.45) is 5.92 Å². The van der Waals surface area contributed by atoms with E-state index in [1.54, 1.807) is 24.5 Å². The summed E-state index contributed by atoms with van der Waals surface area (Å²) in [5.74, 6) is 0.655. The first-order chi connectivity index (χ1) is 16.1. The predicted octanol–water partition coefficient (Wildman–Crippen LogP) is 1.26. The summed E-state index contributed by atoms with van der Waals surface area (Å²) in [5, 5.41) is 6.38. The van der Waals surface area contributed by atoms with Crippen molar-refractivity contribution in [2.75, 3.05) is 30.0 Å². The number of hydrogen-bond acceptors (Lipinski definition) is 5. The number of methoxy groups -OCH3 is 1. The fourth-order valence-electron chi connectivity index (χ4n) is 4.18. The first-order valence-corrected chi connectivity index (χ1v) is 13.6. The summed E-state index contributed by atoms with van der Waals surface area (Å²) in [4.78, 5) is 20.9. The van der Waals surface area contributed by atoms with Crippen molar-refractivity contribution < 1.29 is 39.9 Å². The van der Waals surface area contributed by atoms with Crippen LogP contribution in [0.2, 0.25) is 0 Å². The minimum absolute atomic E-state index is 0.0940. The Bertz CT molecular complexity index is 1200. The van der Waals surface area contributed by atoms with Gasteiger partial charge in [0.2, 0.25) is 0 Å². The van der Waals surface area contributed by atoms with Gasteiger partial charge in [-0.3, -0.25) is 0 Å². The maximum absolute atomic E-state index is 14.4. The SMILES string of the molecule is COc1c(F)cccc1Nc1c2[nH]c3c1C(=O)NCC3[I-]C[C@H](C)CCOc1cnccc1-2. The molecule has 0 aliphatic carbocycles. The van der Waals surface area contributed by atoms with Crippen molar-refractivity contribution in [2.45, 2.75) is 17.3 Å². The molecule has 7 nitrogen and oxygen atoms in total. The molecule has 9 heteroatoms. The summed E-state index contributed by atoms with van der Waals surface area (Å²) >= 11 is -0.208. The van der Waals surface area contributed by atoms with Gasteiger partial charge in [0, 0.05) is 0 Å². The molecule has 3 aromatic rings. The molecule has 3 N–H and O–H groups in total. The van der Waals surface area contributed by atoms with Gasteiger partial charge in [-0.15, -0.1) is 0 Å². The van der Waals surface area contributed by atoms with Gasteiger partial charge in [-0.05, 0) is 0 Å². The molecule has 1 aromatic carbocycles. The third-order valence-corrected chi connectivity index (χ3v) is 10.0. The number of halogens is 2. The van der Waals surface area contributed by atoms with E-state index in [0.717, 1.165) is 27.8 Å². The molecular weight excluding hydrogens is 538 g/mol. The van der Waals surface area contributed by atoms with Gasteiger partial charge in [-0.2, -0.15) is 0 Å². The molecule has 0 spiro atoms. The normalized spacial score (nSPS) is 20.2. The van der Waals surface area contributed by atoms with Gasteiger partial charge in [0.15, 0.2) is 0 Å². The van der Waals surface area contributed by atoms with Crippen LogP contribution < -0.4 is 41.3 Å². The zero-order chi connectivity index (χ0) is 22.9. The van der Waals surface area contributed by atoms with Gasteiger partial charge in [-0.25, -0.2) is 0 Å². The summed E-state index contributed by atoms with van der Waals surface area (Å²) < 4.78 is 27.3. The van der Waals surface area contributed by atoms with Crippen molar-refractivity contribution in [3.63, 3.8) is 0 Å². The Kier molecular flexibility index (Phi) is 6.13. The van der Waals surface area contributed by atoms with Gasteiger partial charge in [0.05, 0.1) is 0 Å². The molecule has 2 aromatic heterocycles. The average Bonchev–Trinajstić information content (AvgIpc) is 3.18. The second-order valence-corrected chi connectivity index (χ2v) is 11.5. The molecule has 174 valence electrons. The van der Waals surface area contributed by atoms with E-state index >= 15 is 0 Å². The van der Waals surface area contributed by atoms with Gasteiger partial charge >= 0.3 is 202 Å². The van der Waals surface area contributed by atoms with Gasteiger partial charge in [0.1, 0.15) is 0 Å². The molecule has 2 aliphatic rings. The van der Waals surface area contributed by atoms with Gasteiger partial charge < -0.3 is 0 Å². The number of fused-ring (bicyclic) bond motifs is 3. The predicted molar refractivity (Wildman–Crippen MR) is 119 cm³/mol. The topological polar surface area (TPSA) is 88.3 Å². The van der Waals surface area contributed by atoms with E-state index in [0.29, 0.717) is 41.8 Å². The molecule has 1 unspecified atom stereocenters. The van der Waals surface area contributed by atoms with Crippen molar-refractivity contribution in [1.29, 1.82) is 0 Å². The second-order valence-electron chi connectivity index (χ2n) is 8.21. The molecule has 2 atom stereocenters. The fraction of sp³-hybridized carbons (Fsp3) is 0.333. The van der Waals surface area contributed by atoms with E-state index in [-0.39, 0.29) is 36.8 Å². The van der Waals surface area contributed by atoms with E-state index in [1.807, 2.05) is 6.07 Å². The molecule has 2 bridgehead atoms. The Morgan fingerprint density at radius 2 is 2.21 bits per heavy atom. The number of ether oxygens (including phenoxy) is 2. The summed E-state index contributed by atoms with van der Waals surface area (Å²) in [6, 6.07) is 6.56. The zero-order valence-corrected chi connectivity index (χ0v) is 20.5. The van der Waals surface area contributed by atoms with Crippen molar-refractivity contribution in [1.82, 2.24) is 15.3 Å². The number of H-pyrrole nitrogens is 1. The Hall–Kier alpha value is -2.82. The maximum atomic E-state index is 14.4. The summed E-state index contributed by atoms with van der Waals surface area (Å²) in [5.41, 5.74) is 4.07. The fourth-order valence-corrected chi connectivity index (χ4v) is 7.54. The third kappa shape index (κ3) is 4.14. The molecule has 2 aliphatic heterocycles. The van der Waals surface area contributed by atoms with Gasteiger partial charge in [-0.1, -0.05) is 0 Å². The van der Waals surface area contributed by atoms with Crippen LogP contribution >= 0.6 is 0 Å². The van der Waals surface area contributed by atoms with Crippen LogP contribution in [-0.4, -0.2) is 40.6 Å². The number of para-hydroxylation sites is 1. The minimum atomic E-state index is -0.477. The molecule has 0 radical (unpaired) electrons. The van der Waals surface area contributed by atoms with E-state index in [2.05, 4.69) is 27.5 Å². The van der Waals surface area contributed by atoms with Crippen LogP contribution in [0.25, 0.3) is 11.3 Å². The first kappa shape index (κ1) is 22.0. The number of benzene rings is 1. The third-order valence-electron chi connectivity index (χ3n) is 5.90. The Morgan fingerprint density at radius 3 is 3.06 bits per heavy atom. The van der Waals surface area contributed by atoms with E-state index in [4.69, 9.17) is 9.47 Å². The van der Waals surface area contributed by atoms with Crippen LogP contribution in [0.1, 0.15) is 33.3 Å². The number of carbonyl (C=O) groups is 1. The summed E-state index contributed by atoms with van der Waals surface area (Å²) in [6.07, 6.45) is 4.37. The standard InChI is InChI=1S/C24H25FIN4O3/c1-13-7-9-33-18-12-27-8-6-14(18)20-22(29-17-5-3-4-15(25)23(17)32-2)19-21(30-20)16(26-10-13)11-28-24(19)31/h3-6,8,12-13,16,29-30H,7,9-11H2,1-2H3,(H,28,31)/q-1/t13-,16?/m1/s1. The molecule has 33 heavy (non-hydrogen) atoms. The van der Waals surface area contributed by atoms with Crippen LogP contribution in [-0.2, 0) is 0 Å². The number of aromatic amines is 1. The zero-order valence-electron chi connectivity index (χ0n) is 18.4. The monoisotopic (exact) mass is 563 g/mol. The average molecular weight is 563 g/mol. The number of carbonyl (C=O) groups excluding carboxylic acids is 1. The quantitative estimate of drug-likeness (QED) is 0.330. The number of aromatic nitrogens is 2. The molecule has 0 fully saturated rings. The number of rotatable bonds is 3. The number of hydrogen-bond donors (Lipinski definition) is 3. The number of alkyl halides is 2. The van der Waals surface area contributed by atoms with Crippen LogP contribution in [0.5, 0.6) is 11.5 Å². The molecule has 1 amide bonds. The summed E-state index contributed by atoms with van der Waals surface area (Å²) in [6.45, 7) is 3.49. The van der Waals surface area contributed by atoms with Crippen LogP contribution in [0.3, 0.4) is 0 Å². The van der Waals surface area contributed by atoms with E-state index < -0.39 is 5.82 Å².